The molecule has 2 rings (SSSR count). The summed E-state index contributed by atoms with van der Waals surface area (Å²) < 4.78 is 0. The maximum Gasteiger partial charge on any atom is 0.271 e. The van der Waals surface area contributed by atoms with E-state index < -0.39 is 4.92 Å². The van der Waals surface area contributed by atoms with E-state index in [1.54, 1.807) is 12.3 Å². The van der Waals surface area contributed by atoms with E-state index in [0.29, 0.717) is 11.4 Å². The van der Waals surface area contributed by atoms with Gasteiger partial charge in [-0.05, 0) is 17.7 Å². The Balaban J connectivity index is 2.13. The van der Waals surface area contributed by atoms with Crippen LogP contribution in [0.1, 0.15) is 5.56 Å². The molecule has 0 aliphatic heterocycles. The highest BCUT2D eigenvalue weighted by Crippen LogP contribution is 2.26. The molecule has 0 spiro atoms. The lowest BCUT2D eigenvalue weighted by atomic mass is 10.2. The molecule has 0 atom stereocenters. The van der Waals surface area contributed by atoms with E-state index in [0.717, 1.165) is 5.56 Å². The third kappa shape index (κ3) is 3.52. The van der Waals surface area contributed by atoms with Gasteiger partial charge < -0.3 is 5.73 Å². The van der Waals surface area contributed by atoms with E-state index in [1.165, 1.54) is 18.2 Å². The molecule has 0 aromatic heterocycles. The molecule has 5 nitrogen and oxygen atoms in total. The molecule has 5 heteroatoms. The SMILES string of the molecule is Nc1ccc([N+](=O)[O-])cc1N=C/C=C\c1ccccc1. The molecule has 100 valence electrons. The van der Waals surface area contributed by atoms with Crippen molar-refractivity contribution < 1.29 is 4.92 Å². The molecular formula is C15H13N3O2. The Bertz CT molecular complexity index is 664. The molecule has 2 aromatic carbocycles. The third-order valence-electron chi connectivity index (χ3n) is 2.61. The van der Waals surface area contributed by atoms with Crippen LogP contribution in [0.5, 0.6) is 0 Å². The van der Waals surface area contributed by atoms with Crippen molar-refractivity contribution in [1.82, 2.24) is 0 Å². The normalized spacial score (nSPS) is 11.2. The number of hydrogen-bond donors (Lipinski definition) is 1. The van der Waals surface area contributed by atoms with Crippen LogP contribution in [-0.2, 0) is 0 Å². The Morgan fingerprint density at radius 1 is 1.15 bits per heavy atom. The largest absolute Gasteiger partial charge is 0.397 e. The summed E-state index contributed by atoms with van der Waals surface area (Å²) in [6.07, 6.45) is 5.20. The van der Waals surface area contributed by atoms with Gasteiger partial charge in [-0.2, -0.15) is 0 Å². The maximum atomic E-state index is 10.7. The lowest BCUT2D eigenvalue weighted by molar-refractivity contribution is -0.384. The average Bonchev–Trinajstić information content (AvgIpc) is 2.46. The lowest BCUT2D eigenvalue weighted by Crippen LogP contribution is -1.90. The summed E-state index contributed by atoms with van der Waals surface area (Å²) in [6.45, 7) is 0. The average molecular weight is 267 g/mol. The molecule has 0 aliphatic carbocycles. The Hall–Kier alpha value is -2.95. The highest BCUT2D eigenvalue weighted by Gasteiger charge is 2.07. The molecular weight excluding hydrogens is 254 g/mol. The molecule has 0 heterocycles. The highest BCUT2D eigenvalue weighted by molar-refractivity contribution is 5.82. The highest BCUT2D eigenvalue weighted by atomic mass is 16.6. The number of nitrogen functional groups attached to an aromatic ring is 1. The zero-order valence-corrected chi connectivity index (χ0v) is 10.6. The van der Waals surface area contributed by atoms with Crippen molar-refractivity contribution in [1.29, 1.82) is 0 Å². The summed E-state index contributed by atoms with van der Waals surface area (Å²) in [6, 6.07) is 13.9. The second-order valence-electron chi connectivity index (χ2n) is 4.05. The summed E-state index contributed by atoms with van der Waals surface area (Å²) in [4.78, 5) is 14.3. The van der Waals surface area contributed by atoms with E-state index >= 15 is 0 Å². The maximum absolute atomic E-state index is 10.7. The quantitative estimate of drug-likeness (QED) is 0.397. The van der Waals surface area contributed by atoms with E-state index in [9.17, 15) is 10.1 Å². The second-order valence-corrected chi connectivity index (χ2v) is 4.05. The summed E-state index contributed by atoms with van der Waals surface area (Å²) in [5.41, 5.74) is 7.53. The standard InChI is InChI=1S/C15H13N3O2/c16-14-9-8-13(18(19)20)11-15(14)17-10-4-7-12-5-2-1-3-6-12/h1-11H,16H2/b7-4-,17-10?. The van der Waals surface area contributed by atoms with Crippen molar-refractivity contribution in [3.05, 3.63) is 70.3 Å². The van der Waals surface area contributed by atoms with Crippen molar-refractivity contribution in [2.45, 2.75) is 0 Å². The number of anilines is 1. The number of allylic oxidation sites excluding steroid dienone is 1. The molecule has 0 aliphatic rings. The van der Waals surface area contributed by atoms with E-state index in [2.05, 4.69) is 4.99 Å². The van der Waals surface area contributed by atoms with Crippen LogP contribution in [0.15, 0.2) is 59.6 Å². The Labute approximate surface area is 116 Å². The molecule has 0 fully saturated rings. The number of nitrogens with zero attached hydrogens (tertiary/aromatic N) is 2. The van der Waals surface area contributed by atoms with Gasteiger partial charge in [0.1, 0.15) is 0 Å². The molecule has 0 saturated heterocycles. The molecule has 0 saturated carbocycles. The van der Waals surface area contributed by atoms with Gasteiger partial charge in [-0.1, -0.05) is 36.4 Å². The molecule has 0 unspecified atom stereocenters. The van der Waals surface area contributed by atoms with Crippen LogP contribution < -0.4 is 5.73 Å². The van der Waals surface area contributed by atoms with Crippen LogP contribution in [-0.4, -0.2) is 11.1 Å². The van der Waals surface area contributed by atoms with Crippen LogP contribution in [0.25, 0.3) is 6.08 Å². The van der Waals surface area contributed by atoms with Crippen molar-refractivity contribution in [3.8, 4) is 0 Å². The van der Waals surface area contributed by atoms with Crippen LogP contribution in [0.2, 0.25) is 0 Å². The van der Waals surface area contributed by atoms with Crippen LogP contribution >= 0.6 is 0 Å². The molecule has 2 aromatic rings. The van der Waals surface area contributed by atoms with E-state index in [4.69, 9.17) is 5.73 Å². The number of hydrogen-bond acceptors (Lipinski definition) is 4. The number of rotatable bonds is 4. The minimum Gasteiger partial charge on any atom is -0.397 e. The fourth-order valence-corrected chi connectivity index (χ4v) is 1.60. The minimum absolute atomic E-state index is 0.0293. The number of non-ortho nitro benzene ring substituents is 1. The van der Waals surface area contributed by atoms with Crippen molar-refractivity contribution >= 4 is 29.4 Å². The molecule has 2 N–H and O–H groups in total. The van der Waals surface area contributed by atoms with Crippen LogP contribution in [0, 0.1) is 10.1 Å². The fraction of sp³-hybridized carbons (Fsp3) is 0. The second kappa shape index (κ2) is 6.29. The molecule has 0 amide bonds. The van der Waals surface area contributed by atoms with Gasteiger partial charge in [-0.15, -0.1) is 0 Å². The van der Waals surface area contributed by atoms with Crippen LogP contribution in [0.4, 0.5) is 17.1 Å². The number of benzene rings is 2. The van der Waals surface area contributed by atoms with Crippen molar-refractivity contribution in [2.75, 3.05) is 5.73 Å². The first kappa shape index (κ1) is 13.5. The Morgan fingerprint density at radius 3 is 2.60 bits per heavy atom. The van der Waals surface area contributed by atoms with Gasteiger partial charge in [0.25, 0.3) is 5.69 Å². The Kier molecular flexibility index (Phi) is 4.24. The first-order valence-corrected chi connectivity index (χ1v) is 5.96. The van der Waals surface area contributed by atoms with Gasteiger partial charge in [0.2, 0.25) is 0 Å². The van der Waals surface area contributed by atoms with Gasteiger partial charge in [0.15, 0.2) is 0 Å². The summed E-state index contributed by atoms with van der Waals surface area (Å²) in [7, 11) is 0. The molecule has 20 heavy (non-hydrogen) atoms. The molecule has 0 radical (unpaired) electrons. The van der Waals surface area contributed by atoms with Gasteiger partial charge in [0, 0.05) is 18.3 Å². The lowest BCUT2D eigenvalue weighted by Gasteiger charge is -1.98. The summed E-state index contributed by atoms with van der Waals surface area (Å²) in [5, 5.41) is 10.7. The fourth-order valence-electron chi connectivity index (χ4n) is 1.60. The monoisotopic (exact) mass is 267 g/mol. The van der Waals surface area contributed by atoms with Gasteiger partial charge in [-0.25, -0.2) is 0 Å². The summed E-state index contributed by atoms with van der Waals surface area (Å²) in [5.74, 6) is 0. The van der Waals surface area contributed by atoms with Gasteiger partial charge in [-0.3, -0.25) is 15.1 Å². The zero-order chi connectivity index (χ0) is 14.4. The van der Waals surface area contributed by atoms with Crippen molar-refractivity contribution in [2.24, 2.45) is 4.99 Å². The first-order valence-electron chi connectivity index (χ1n) is 5.96. The van der Waals surface area contributed by atoms with Crippen molar-refractivity contribution in [3.63, 3.8) is 0 Å². The number of nitro groups is 1. The van der Waals surface area contributed by atoms with E-state index in [-0.39, 0.29) is 5.69 Å². The Morgan fingerprint density at radius 2 is 1.90 bits per heavy atom. The minimum atomic E-state index is -0.474. The third-order valence-corrected chi connectivity index (χ3v) is 2.61. The topological polar surface area (TPSA) is 81.5 Å². The van der Waals surface area contributed by atoms with E-state index in [1.807, 2.05) is 36.4 Å². The van der Waals surface area contributed by atoms with Gasteiger partial charge >= 0.3 is 0 Å². The predicted molar refractivity (Wildman–Crippen MR) is 81.1 cm³/mol. The first-order chi connectivity index (χ1) is 9.66. The van der Waals surface area contributed by atoms with Gasteiger partial charge in [0.05, 0.1) is 16.3 Å². The number of nitro benzene ring substituents is 1. The molecule has 0 bridgehead atoms. The number of aliphatic imine (C=N–C) groups is 1. The van der Waals surface area contributed by atoms with Crippen LogP contribution in [0.3, 0.4) is 0 Å². The zero-order valence-electron chi connectivity index (χ0n) is 10.6. The summed E-state index contributed by atoms with van der Waals surface area (Å²) >= 11 is 0. The number of nitrogens with two attached hydrogens (primary N) is 1. The smallest absolute Gasteiger partial charge is 0.271 e. The predicted octanol–water partition coefficient (Wildman–Crippen LogP) is 3.59.